The molecule has 4 heteroatoms. The van der Waals surface area contributed by atoms with Crippen LogP contribution in [-0.4, -0.2) is 19.9 Å². The lowest BCUT2D eigenvalue weighted by Gasteiger charge is -2.34. The zero-order valence-corrected chi connectivity index (χ0v) is 34.8. The zero-order chi connectivity index (χ0) is 41.8. The molecular formula is C58H42N4. The maximum atomic E-state index is 5.18. The van der Waals surface area contributed by atoms with Crippen molar-refractivity contribution in [3.8, 4) is 67.3 Å². The monoisotopic (exact) mass is 794 g/mol. The summed E-state index contributed by atoms with van der Waals surface area (Å²) in [5, 5.41) is 2.46. The van der Waals surface area contributed by atoms with Crippen molar-refractivity contribution in [3.05, 3.63) is 240 Å². The van der Waals surface area contributed by atoms with E-state index in [1.165, 1.54) is 66.4 Å². The quantitative estimate of drug-likeness (QED) is 0.161. The Morgan fingerprint density at radius 3 is 1.69 bits per heavy atom. The van der Waals surface area contributed by atoms with E-state index >= 15 is 0 Å². The maximum absolute atomic E-state index is 5.18. The molecule has 1 aliphatic rings. The molecule has 2 aromatic heterocycles. The average molecular weight is 795 g/mol. The molecule has 0 bridgehead atoms. The summed E-state index contributed by atoms with van der Waals surface area (Å²) in [6.07, 6.45) is 3.91. The summed E-state index contributed by atoms with van der Waals surface area (Å²) in [7, 11) is 0. The van der Waals surface area contributed by atoms with Crippen LogP contribution in [-0.2, 0) is 5.41 Å². The summed E-state index contributed by atoms with van der Waals surface area (Å²) >= 11 is 0. The lowest BCUT2D eigenvalue weighted by Crippen LogP contribution is -2.28. The molecule has 0 amide bonds. The number of hydrogen-bond acceptors (Lipinski definition) is 4. The second-order valence-electron chi connectivity index (χ2n) is 16.3. The van der Waals surface area contributed by atoms with E-state index in [4.69, 9.17) is 15.0 Å². The van der Waals surface area contributed by atoms with Crippen molar-refractivity contribution >= 4 is 10.8 Å². The molecule has 0 radical (unpaired) electrons. The van der Waals surface area contributed by atoms with Gasteiger partial charge >= 0.3 is 0 Å². The second-order valence-corrected chi connectivity index (χ2v) is 16.3. The summed E-state index contributed by atoms with van der Waals surface area (Å²) in [5.41, 5.74) is 18.1. The van der Waals surface area contributed by atoms with E-state index in [9.17, 15) is 0 Å². The zero-order valence-electron chi connectivity index (χ0n) is 34.8. The molecule has 0 fully saturated rings. The second kappa shape index (κ2) is 15.0. The van der Waals surface area contributed by atoms with Gasteiger partial charge in [-0.3, -0.25) is 4.98 Å². The van der Waals surface area contributed by atoms with Crippen molar-refractivity contribution in [1.82, 2.24) is 19.9 Å². The van der Waals surface area contributed by atoms with Gasteiger partial charge in [-0.15, -0.1) is 0 Å². The summed E-state index contributed by atoms with van der Waals surface area (Å²) < 4.78 is 0. The molecule has 0 aliphatic heterocycles. The molecule has 294 valence electrons. The Morgan fingerprint density at radius 1 is 0.371 bits per heavy atom. The normalized spacial score (nSPS) is 12.6. The van der Waals surface area contributed by atoms with Crippen LogP contribution in [0.5, 0.6) is 0 Å². The highest BCUT2D eigenvalue weighted by molar-refractivity contribution is 5.98. The molecule has 62 heavy (non-hydrogen) atoms. The van der Waals surface area contributed by atoms with Gasteiger partial charge in [-0.05, 0) is 122 Å². The molecule has 0 atom stereocenters. The summed E-state index contributed by atoms with van der Waals surface area (Å²) in [5.74, 6) is 1.97. The number of benzene rings is 8. The number of nitrogens with zero attached hydrogens (tertiary/aromatic N) is 4. The lowest BCUT2D eigenvalue weighted by atomic mass is 9.67. The minimum absolute atomic E-state index is 0.566. The van der Waals surface area contributed by atoms with Crippen LogP contribution in [0, 0.1) is 20.8 Å². The Balaban J connectivity index is 1.09. The first kappa shape index (κ1) is 37.2. The first-order valence-electron chi connectivity index (χ1n) is 21.2. The van der Waals surface area contributed by atoms with Gasteiger partial charge in [0.15, 0.2) is 11.6 Å². The van der Waals surface area contributed by atoms with Gasteiger partial charge in [0.1, 0.15) is 5.82 Å². The smallest absolute Gasteiger partial charge is 0.163 e. The highest BCUT2D eigenvalue weighted by Gasteiger charge is 2.47. The Hall–Kier alpha value is -7.82. The van der Waals surface area contributed by atoms with Crippen molar-refractivity contribution in [2.75, 3.05) is 0 Å². The molecule has 4 nitrogen and oxygen atoms in total. The lowest BCUT2D eigenvalue weighted by molar-refractivity contribution is 0.768. The molecule has 0 unspecified atom stereocenters. The number of hydrogen-bond donors (Lipinski definition) is 0. The van der Waals surface area contributed by atoms with Gasteiger partial charge in [-0.2, -0.15) is 0 Å². The number of aromatic nitrogens is 4. The number of pyridine rings is 1. The molecular weight excluding hydrogens is 753 g/mol. The van der Waals surface area contributed by atoms with E-state index in [1.54, 1.807) is 0 Å². The van der Waals surface area contributed by atoms with Gasteiger partial charge in [0.05, 0.1) is 5.41 Å². The molecule has 1 aliphatic carbocycles. The number of aryl methyl sites for hydroxylation is 3. The van der Waals surface area contributed by atoms with Gasteiger partial charge in [-0.1, -0.05) is 176 Å². The Morgan fingerprint density at radius 2 is 0.952 bits per heavy atom. The highest BCUT2D eigenvalue weighted by atomic mass is 15.0. The topological polar surface area (TPSA) is 51.6 Å². The van der Waals surface area contributed by atoms with Crippen molar-refractivity contribution in [3.63, 3.8) is 0 Å². The molecule has 0 saturated carbocycles. The van der Waals surface area contributed by atoms with Gasteiger partial charge in [0.25, 0.3) is 0 Å². The third-order valence-corrected chi connectivity index (χ3v) is 12.6. The minimum atomic E-state index is -0.566. The summed E-state index contributed by atoms with van der Waals surface area (Å²) in [4.78, 5) is 19.5. The van der Waals surface area contributed by atoms with E-state index in [2.05, 4.69) is 207 Å². The van der Waals surface area contributed by atoms with Crippen LogP contribution in [0.25, 0.3) is 78.1 Å². The Kier molecular flexibility index (Phi) is 9.01. The van der Waals surface area contributed by atoms with Crippen LogP contribution in [0.4, 0.5) is 0 Å². The van der Waals surface area contributed by atoms with E-state index in [0.29, 0.717) is 17.5 Å². The van der Waals surface area contributed by atoms with Crippen molar-refractivity contribution in [1.29, 1.82) is 0 Å². The predicted octanol–water partition coefficient (Wildman–Crippen LogP) is 14.0. The number of rotatable bonds is 7. The van der Waals surface area contributed by atoms with Crippen molar-refractivity contribution in [2.24, 2.45) is 0 Å². The van der Waals surface area contributed by atoms with Crippen molar-refractivity contribution < 1.29 is 0 Å². The summed E-state index contributed by atoms with van der Waals surface area (Å²) in [6, 6.07) is 68.1. The first-order valence-corrected chi connectivity index (χ1v) is 21.2. The SMILES string of the molecule is Cc1nc(-c2ccc(-c3cccc4ccccc34)cc2)nc(-c2ccc3c(c2)-c2c(-c4cccc(-c5c(C)cncc5C)c4)cccc2C3(c2ccccc2)c2ccccc2)n1. The molecule has 11 rings (SSSR count). The molecule has 10 aromatic rings. The third kappa shape index (κ3) is 6.06. The van der Waals surface area contributed by atoms with Crippen LogP contribution in [0.15, 0.2) is 200 Å². The first-order chi connectivity index (χ1) is 30.5. The van der Waals surface area contributed by atoms with Gasteiger partial charge in [-0.25, -0.2) is 15.0 Å². The molecule has 0 N–H and O–H groups in total. The molecule has 0 spiro atoms. The molecule has 2 heterocycles. The fraction of sp³-hybridized carbons (Fsp3) is 0.0690. The predicted molar refractivity (Wildman–Crippen MR) is 254 cm³/mol. The minimum Gasteiger partial charge on any atom is -0.264 e. The highest BCUT2D eigenvalue weighted by Crippen LogP contribution is 2.59. The molecule has 8 aromatic carbocycles. The molecule has 0 saturated heterocycles. The van der Waals surface area contributed by atoms with Crippen molar-refractivity contribution in [2.45, 2.75) is 26.2 Å². The largest absolute Gasteiger partial charge is 0.264 e. The van der Waals surface area contributed by atoms with Gasteiger partial charge in [0, 0.05) is 23.5 Å². The van der Waals surface area contributed by atoms with Gasteiger partial charge < -0.3 is 0 Å². The maximum Gasteiger partial charge on any atom is 0.163 e. The third-order valence-electron chi connectivity index (χ3n) is 12.6. The van der Waals surface area contributed by atoms with E-state index < -0.39 is 5.41 Å². The fourth-order valence-corrected chi connectivity index (χ4v) is 9.94. The van der Waals surface area contributed by atoms with Crippen LogP contribution >= 0.6 is 0 Å². The Labute approximate surface area is 362 Å². The van der Waals surface area contributed by atoms with Crippen LogP contribution in [0.2, 0.25) is 0 Å². The Bertz CT molecular complexity index is 3250. The van der Waals surface area contributed by atoms with E-state index in [1.807, 2.05) is 19.3 Å². The van der Waals surface area contributed by atoms with Crippen LogP contribution in [0.1, 0.15) is 39.2 Å². The van der Waals surface area contributed by atoms with Crippen LogP contribution in [0.3, 0.4) is 0 Å². The van der Waals surface area contributed by atoms with E-state index in [0.717, 1.165) is 33.4 Å². The standard InChI is InChI=1S/C58H42N4/c1-37-35-59-36-38(2)54(37)44-18-12-17-43(33-44)50-25-14-26-53-55(50)51-34-45(31-32-52(51)58(53,46-19-6-4-7-20-46)47-21-8-5-9-22-47)57-61-39(3)60-56(62-57)42-29-27-41(28-30-42)49-24-13-16-40-15-10-11-23-48(40)49/h4-36H,1-3H3. The average Bonchev–Trinajstić information content (AvgIpc) is 3.62. The number of fused-ring (bicyclic) bond motifs is 4. The fourth-order valence-electron chi connectivity index (χ4n) is 9.94. The van der Waals surface area contributed by atoms with E-state index in [-0.39, 0.29) is 0 Å². The van der Waals surface area contributed by atoms with Crippen LogP contribution < -0.4 is 0 Å². The summed E-state index contributed by atoms with van der Waals surface area (Å²) in [6.45, 7) is 6.24. The van der Waals surface area contributed by atoms with Gasteiger partial charge in [0.2, 0.25) is 0 Å².